The number of fused-ring (bicyclic) bond motifs is 5. The summed E-state index contributed by atoms with van der Waals surface area (Å²) in [4.78, 5) is 16.2. The molecule has 11 aliphatic rings. The summed E-state index contributed by atoms with van der Waals surface area (Å²) in [7, 11) is 2.00. The first-order chi connectivity index (χ1) is 39.6. The van der Waals surface area contributed by atoms with E-state index in [1.165, 1.54) is 19.3 Å². The van der Waals surface area contributed by atoms with Crippen molar-refractivity contribution in [2.24, 2.45) is 69.3 Å². The van der Waals surface area contributed by atoms with Crippen molar-refractivity contribution in [3.8, 4) is 0 Å². The van der Waals surface area contributed by atoms with Crippen LogP contribution in [0.1, 0.15) is 194 Å². The predicted molar refractivity (Wildman–Crippen MR) is 317 cm³/mol. The highest BCUT2D eigenvalue weighted by molar-refractivity contribution is 6.00. The molecule has 2 aliphatic heterocycles. The van der Waals surface area contributed by atoms with E-state index in [9.17, 15) is 40.9 Å². The second-order valence-corrected chi connectivity index (χ2v) is 29.7. The fourth-order valence-corrected chi connectivity index (χ4v) is 21.4. The van der Waals surface area contributed by atoms with Crippen LogP contribution in [0, 0.1) is 63.6 Å². The predicted octanol–water partition coefficient (Wildman–Crippen LogP) is 5.99. The minimum Gasteiger partial charge on any atom is -0.396 e. The molecule has 0 aromatic carbocycles. The van der Waals surface area contributed by atoms with Gasteiger partial charge in [-0.05, 0) is 207 Å². The van der Waals surface area contributed by atoms with Gasteiger partial charge in [0.05, 0.1) is 71.4 Å². The molecule has 20 atom stereocenters. The smallest absolute Gasteiger partial charge is 0.182 e. The summed E-state index contributed by atoms with van der Waals surface area (Å²) in [5.41, 5.74) is -1.67. The van der Waals surface area contributed by atoms with Crippen LogP contribution in [0.3, 0.4) is 0 Å². The first-order valence-electron chi connectivity index (χ1n) is 33.4. The Bertz CT molecular complexity index is 2430. The number of carbonyl (C=O) groups is 1. The van der Waals surface area contributed by atoms with E-state index >= 15 is 9.90 Å². The summed E-state index contributed by atoms with van der Waals surface area (Å²) >= 11 is 0. The average Bonchev–Trinajstić information content (AvgIpc) is 1.64. The third kappa shape index (κ3) is 10.6. The number of nitrogens with one attached hydrogen (secondary N) is 3. The normalized spacial score (nSPS) is 46.6. The summed E-state index contributed by atoms with van der Waals surface area (Å²) in [5.74, 6) is -3.73. The Morgan fingerprint density at radius 2 is 1.67 bits per heavy atom. The molecule has 0 bridgehead atoms. The van der Waals surface area contributed by atoms with Crippen molar-refractivity contribution in [1.29, 1.82) is 0 Å². The van der Waals surface area contributed by atoms with Crippen LogP contribution in [0.4, 0.5) is 0 Å². The van der Waals surface area contributed by atoms with Crippen LogP contribution in [0.25, 0.3) is 0 Å². The molecule has 7 saturated carbocycles. The minimum atomic E-state index is -1.98. The molecular formula is C67H108N4O12. The van der Waals surface area contributed by atoms with Crippen molar-refractivity contribution in [2.75, 3.05) is 33.4 Å². The molecular weight excluding hydrogens is 1050 g/mol. The van der Waals surface area contributed by atoms with Gasteiger partial charge in [0, 0.05) is 61.1 Å². The zero-order chi connectivity index (χ0) is 58.9. The van der Waals surface area contributed by atoms with Crippen LogP contribution >= 0.6 is 0 Å². The van der Waals surface area contributed by atoms with Gasteiger partial charge in [0.15, 0.2) is 5.78 Å². The van der Waals surface area contributed by atoms with E-state index in [0.29, 0.717) is 56.6 Å². The number of Topliss-reactive ketones (excluding diaryl/α,β-unsaturated/α-hetero) is 1. The molecule has 16 nitrogen and oxygen atoms in total. The Labute approximate surface area is 495 Å². The number of nitrogens with two attached hydrogens (primary N) is 1. The van der Waals surface area contributed by atoms with Gasteiger partial charge in [0.2, 0.25) is 0 Å². The zero-order valence-corrected chi connectivity index (χ0v) is 50.8. The van der Waals surface area contributed by atoms with Gasteiger partial charge in [-0.3, -0.25) is 4.79 Å². The zero-order valence-electron chi connectivity index (χ0n) is 50.8. The van der Waals surface area contributed by atoms with Crippen molar-refractivity contribution < 1.29 is 60.2 Å². The van der Waals surface area contributed by atoms with Crippen molar-refractivity contribution in [2.45, 2.75) is 265 Å². The molecule has 11 rings (SSSR count). The second kappa shape index (κ2) is 24.2. The summed E-state index contributed by atoms with van der Waals surface area (Å²) in [6, 6.07) is 0. The molecule has 83 heavy (non-hydrogen) atoms. The quantitative estimate of drug-likeness (QED) is 0.0702. The van der Waals surface area contributed by atoms with Crippen LogP contribution < -0.4 is 21.7 Å². The third-order valence-corrected chi connectivity index (χ3v) is 25.1. The molecule has 20 unspecified atom stereocenters. The molecule has 8 fully saturated rings. The van der Waals surface area contributed by atoms with E-state index in [2.05, 4.69) is 22.9 Å². The number of hydrogen-bond donors (Lipinski definition) is 13. The van der Waals surface area contributed by atoms with Crippen molar-refractivity contribution >= 4 is 5.78 Å². The Morgan fingerprint density at radius 1 is 0.916 bits per heavy atom. The molecule has 0 amide bonds. The second-order valence-electron chi connectivity index (χ2n) is 29.7. The van der Waals surface area contributed by atoms with Gasteiger partial charge in [0.25, 0.3) is 0 Å². The van der Waals surface area contributed by atoms with E-state index in [1.807, 2.05) is 31.4 Å². The molecule has 0 aromatic heterocycles. The Balaban J connectivity index is 1.09. The number of ether oxygens (including phenoxy) is 2. The van der Waals surface area contributed by atoms with Crippen molar-refractivity contribution in [3.63, 3.8) is 0 Å². The standard InChI is InChI=1S/C67H108N4O12/c1-5-11-41-16-18-46-52(20-17-41)83-60-55(46)49(74)15-9-26-67(60,81)61(3,78)53-25-30-66(80)56-57(70-37-40(2)73)58(77)47-34-50(75)51(76)36-63(47)35-42(45-19-21-54(68)71-48(45)14-10-32-72)22-29-64(79,59(56)63)38-65(53,66)43-23-27-62(28-24-43,39-69-4)31-33-82-44-12-7-6-8-13-44/h19,21-22,29,40-44,46-47,49-55,59-60,69-76,78-81H,5-18,20,23-28,30-39,68H2,1-4H3. The third-order valence-electron chi connectivity index (χ3n) is 25.1. The van der Waals surface area contributed by atoms with Crippen LogP contribution in [0.15, 0.2) is 46.8 Å². The Morgan fingerprint density at radius 3 is 2.40 bits per heavy atom. The Kier molecular flexibility index (Phi) is 18.2. The van der Waals surface area contributed by atoms with Gasteiger partial charge in [-0.25, -0.2) is 0 Å². The highest BCUT2D eigenvalue weighted by Crippen LogP contribution is 2.77. The van der Waals surface area contributed by atoms with Gasteiger partial charge in [-0.15, -0.1) is 0 Å². The van der Waals surface area contributed by atoms with Crippen LogP contribution in [0.5, 0.6) is 0 Å². The molecule has 468 valence electrons. The highest BCUT2D eigenvalue weighted by Gasteiger charge is 2.80. The molecule has 1 saturated heterocycles. The van der Waals surface area contributed by atoms with Crippen molar-refractivity contribution in [3.05, 3.63) is 46.8 Å². The van der Waals surface area contributed by atoms with Gasteiger partial charge < -0.3 is 77.1 Å². The first-order valence-corrected chi connectivity index (χ1v) is 33.4. The maximum absolute atomic E-state index is 16.2. The van der Waals surface area contributed by atoms with Gasteiger partial charge in [0.1, 0.15) is 5.60 Å². The van der Waals surface area contributed by atoms with E-state index in [-0.39, 0.29) is 99.0 Å². The molecule has 14 N–H and O–H groups in total. The highest BCUT2D eigenvalue weighted by atomic mass is 16.5. The van der Waals surface area contributed by atoms with E-state index in [4.69, 9.17) is 15.2 Å². The van der Waals surface area contributed by atoms with E-state index in [1.54, 1.807) is 13.8 Å². The summed E-state index contributed by atoms with van der Waals surface area (Å²) in [6.07, 6.45) is 20.4. The monoisotopic (exact) mass is 1160 g/mol. The van der Waals surface area contributed by atoms with Gasteiger partial charge in [-0.1, -0.05) is 63.7 Å². The maximum atomic E-state index is 16.2. The molecule has 16 heteroatoms. The SMILES string of the molecule is CCCC1CCC2OC3C(C(O)CCCC3(O)C(C)(O)C3CCC4(O)C5=C(NCC(C)O)C(=O)C6CC(O)C(O)CC67CC(C6=C(CCCO)NC(N)C=C6)C=CC(O)(CC34C3CCC(CCOC4CCCCC4)(CNC)CC3)C57)C2CC1. The van der Waals surface area contributed by atoms with Gasteiger partial charge in [-0.2, -0.15) is 0 Å². The number of aliphatic hydroxyl groups is 9. The lowest BCUT2D eigenvalue weighted by Crippen LogP contribution is -2.74. The first kappa shape index (κ1) is 62.3. The minimum absolute atomic E-state index is 0.00591. The molecule has 9 aliphatic carbocycles. The number of allylic oxidation sites excluding steroid dienone is 5. The lowest BCUT2D eigenvalue weighted by Gasteiger charge is -2.69. The fourth-order valence-electron chi connectivity index (χ4n) is 21.4. The number of aliphatic hydroxyl groups excluding tert-OH is 5. The van der Waals surface area contributed by atoms with Crippen LogP contribution in [-0.2, 0) is 14.3 Å². The van der Waals surface area contributed by atoms with Crippen molar-refractivity contribution in [1.82, 2.24) is 16.0 Å². The molecule has 0 aromatic rings. The van der Waals surface area contributed by atoms with E-state index in [0.717, 1.165) is 88.4 Å². The molecule has 0 radical (unpaired) electrons. The maximum Gasteiger partial charge on any atom is 0.182 e. The van der Waals surface area contributed by atoms with Crippen LogP contribution in [-0.4, -0.2) is 156 Å². The number of hydrogen-bond acceptors (Lipinski definition) is 16. The summed E-state index contributed by atoms with van der Waals surface area (Å²) < 4.78 is 13.9. The largest absolute Gasteiger partial charge is 0.396 e. The summed E-state index contributed by atoms with van der Waals surface area (Å²) in [5, 5.41) is 126. The number of ketones is 1. The Hall–Kier alpha value is -2.29. The number of carbonyl (C=O) groups excluding carboxylic acids is 1. The van der Waals surface area contributed by atoms with E-state index < -0.39 is 99.5 Å². The lowest BCUT2D eigenvalue weighted by atomic mass is 9.37. The topological polar surface area (TPSA) is 280 Å². The molecule has 1 spiro atoms. The summed E-state index contributed by atoms with van der Waals surface area (Å²) in [6.45, 7) is 6.96. The lowest BCUT2D eigenvalue weighted by molar-refractivity contribution is -0.277. The fraction of sp³-hybridized carbons (Fsp3) is 0.866. The average molecular weight is 1160 g/mol. The molecule has 2 heterocycles. The van der Waals surface area contributed by atoms with Gasteiger partial charge >= 0.3 is 0 Å². The number of dihydropyridines is 1. The van der Waals surface area contributed by atoms with Crippen LogP contribution in [0.2, 0.25) is 0 Å². The number of rotatable bonds is 18.